The van der Waals surface area contributed by atoms with Crippen LogP contribution in [0.3, 0.4) is 0 Å². The lowest BCUT2D eigenvalue weighted by Crippen LogP contribution is -2.38. The van der Waals surface area contributed by atoms with Gasteiger partial charge in [0.1, 0.15) is 12.6 Å². The number of hydrogen-bond donors (Lipinski definition) is 0. The third-order valence-corrected chi connectivity index (χ3v) is 4.43. The Morgan fingerprint density at radius 3 is 3.04 bits per heavy atom. The molecule has 2 aliphatic rings. The number of hydrogen-bond acceptors (Lipinski definition) is 5. The molecule has 0 aromatic carbocycles. The molecule has 0 radical (unpaired) electrons. The van der Waals surface area contributed by atoms with E-state index in [0.717, 1.165) is 44.0 Å². The zero-order valence-electron chi connectivity index (χ0n) is 13.0. The molecule has 8 nitrogen and oxygen atoms in total. The summed E-state index contributed by atoms with van der Waals surface area (Å²) >= 11 is 0. The largest absolute Gasteiger partial charge is 0.368 e. The number of carbonyl (C=O) groups is 1. The SMILES string of the molecule is O=C(C1CCCO1)N1CCCn2c(nnc2Cn2cccn2)C1. The Hall–Kier alpha value is -2.22. The molecule has 1 saturated heterocycles. The second kappa shape index (κ2) is 6.11. The summed E-state index contributed by atoms with van der Waals surface area (Å²) in [5, 5.41) is 12.8. The van der Waals surface area contributed by atoms with E-state index >= 15 is 0 Å². The van der Waals surface area contributed by atoms with Crippen molar-refractivity contribution in [2.45, 2.75) is 45.0 Å². The smallest absolute Gasteiger partial charge is 0.252 e. The summed E-state index contributed by atoms with van der Waals surface area (Å²) in [6.45, 7) is 3.36. The number of nitrogens with zero attached hydrogens (tertiary/aromatic N) is 6. The fourth-order valence-corrected chi connectivity index (χ4v) is 3.24. The van der Waals surface area contributed by atoms with E-state index in [2.05, 4.69) is 19.9 Å². The van der Waals surface area contributed by atoms with Crippen LogP contribution in [0.5, 0.6) is 0 Å². The van der Waals surface area contributed by atoms with E-state index in [9.17, 15) is 4.79 Å². The minimum atomic E-state index is -0.270. The van der Waals surface area contributed by atoms with Crippen LogP contribution >= 0.6 is 0 Å². The normalized spacial score (nSPS) is 21.2. The van der Waals surface area contributed by atoms with Crippen LogP contribution < -0.4 is 0 Å². The van der Waals surface area contributed by atoms with Crippen LogP contribution in [-0.2, 0) is 29.2 Å². The van der Waals surface area contributed by atoms with E-state index < -0.39 is 0 Å². The van der Waals surface area contributed by atoms with Gasteiger partial charge in [-0.3, -0.25) is 9.48 Å². The number of carbonyl (C=O) groups excluding carboxylic acids is 1. The topological polar surface area (TPSA) is 78.1 Å². The average Bonchev–Trinajstić information content (AvgIpc) is 3.29. The number of amides is 1. The lowest BCUT2D eigenvalue weighted by Gasteiger charge is -2.22. The molecule has 122 valence electrons. The summed E-state index contributed by atoms with van der Waals surface area (Å²) in [4.78, 5) is 14.4. The van der Waals surface area contributed by atoms with Crippen molar-refractivity contribution in [3.63, 3.8) is 0 Å². The van der Waals surface area contributed by atoms with Gasteiger partial charge in [-0.05, 0) is 25.3 Å². The van der Waals surface area contributed by atoms with E-state index in [1.807, 2.05) is 21.8 Å². The molecular weight excluding hydrogens is 296 g/mol. The van der Waals surface area contributed by atoms with Crippen molar-refractivity contribution in [1.82, 2.24) is 29.4 Å². The van der Waals surface area contributed by atoms with Crippen LogP contribution in [-0.4, -0.2) is 54.6 Å². The highest BCUT2D eigenvalue weighted by atomic mass is 16.5. The summed E-state index contributed by atoms with van der Waals surface area (Å²) < 4.78 is 9.47. The van der Waals surface area contributed by atoms with Gasteiger partial charge >= 0.3 is 0 Å². The molecule has 8 heteroatoms. The second-order valence-corrected chi connectivity index (χ2v) is 6.00. The van der Waals surface area contributed by atoms with E-state index in [-0.39, 0.29) is 12.0 Å². The van der Waals surface area contributed by atoms with E-state index in [0.29, 0.717) is 19.7 Å². The minimum absolute atomic E-state index is 0.0903. The summed E-state index contributed by atoms with van der Waals surface area (Å²) in [5.74, 6) is 1.82. The molecule has 2 aromatic heterocycles. The Morgan fingerprint density at radius 1 is 1.30 bits per heavy atom. The van der Waals surface area contributed by atoms with Gasteiger partial charge in [0.05, 0.1) is 6.54 Å². The lowest BCUT2D eigenvalue weighted by atomic mass is 10.2. The van der Waals surface area contributed by atoms with Crippen LogP contribution in [0.2, 0.25) is 0 Å². The molecule has 2 aliphatic heterocycles. The standard InChI is InChI=1S/C15H20N6O2/c22-15(12-4-1-9-23-12)19-6-3-8-21-13(10-19)17-18-14(21)11-20-7-2-5-16-20/h2,5,7,12H,1,3-4,6,8-11H2. The third-order valence-electron chi connectivity index (χ3n) is 4.43. The van der Waals surface area contributed by atoms with E-state index in [4.69, 9.17) is 4.74 Å². The highest BCUT2D eigenvalue weighted by Crippen LogP contribution is 2.19. The monoisotopic (exact) mass is 316 g/mol. The molecule has 2 aromatic rings. The Bertz CT molecular complexity index is 674. The van der Waals surface area contributed by atoms with Gasteiger partial charge in [0.15, 0.2) is 11.6 Å². The van der Waals surface area contributed by atoms with Gasteiger partial charge < -0.3 is 14.2 Å². The van der Waals surface area contributed by atoms with Crippen LogP contribution in [0.1, 0.15) is 30.9 Å². The molecule has 1 unspecified atom stereocenters. The summed E-state index contributed by atoms with van der Waals surface area (Å²) in [6.07, 6.45) is 6.08. The van der Waals surface area contributed by atoms with Gasteiger partial charge in [0.2, 0.25) is 0 Å². The predicted octanol–water partition coefficient (Wildman–Crippen LogP) is 0.434. The maximum absolute atomic E-state index is 12.6. The highest BCUT2D eigenvalue weighted by molar-refractivity contribution is 5.81. The van der Waals surface area contributed by atoms with Gasteiger partial charge in [-0.2, -0.15) is 5.10 Å². The fraction of sp³-hybridized carbons (Fsp3) is 0.600. The van der Waals surface area contributed by atoms with Gasteiger partial charge in [0, 0.05) is 32.1 Å². The maximum atomic E-state index is 12.6. The van der Waals surface area contributed by atoms with Gasteiger partial charge in [0.25, 0.3) is 5.91 Å². The summed E-state index contributed by atoms with van der Waals surface area (Å²) in [5.41, 5.74) is 0. The Kier molecular flexibility index (Phi) is 3.82. The summed E-state index contributed by atoms with van der Waals surface area (Å²) in [7, 11) is 0. The molecular formula is C15H20N6O2. The molecule has 0 spiro atoms. The zero-order valence-corrected chi connectivity index (χ0v) is 13.0. The first-order valence-electron chi connectivity index (χ1n) is 8.10. The van der Waals surface area contributed by atoms with E-state index in [1.165, 1.54) is 0 Å². The van der Waals surface area contributed by atoms with Crippen LogP contribution in [0.25, 0.3) is 0 Å². The molecule has 23 heavy (non-hydrogen) atoms. The molecule has 0 N–H and O–H groups in total. The first kappa shape index (κ1) is 14.4. The molecule has 0 aliphatic carbocycles. The second-order valence-electron chi connectivity index (χ2n) is 6.00. The van der Waals surface area contributed by atoms with Crippen molar-refractivity contribution < 1.29 is 9.53 Å². The lowest BCUT2D eigenvalue weighted by molar-refractivity contribution is -0.141. The van der Waals surface area contributed by atoms with Gasteiger partial charge in [-0.15, -0.1) is 10.2 Å². The van der Waals surface area contributed by atoms with Crippen molar-refractivity contribution in [2.75, 3.05) is 13.2 Å². The molecule has 0 saturated carbocycles. The molecule has 1 atom stereocenters. The number of ether oxygens (including phenoxy) is 1. The first-order chi connectivity index (χ1) is 11.3. The molecule has 1 amide bonds. The van der Waals surface area contributed by atoms with Crippen molar-refractivity contribution in [3.8, 4) is 0 Å². The quantitative estimate of drug-likeness (QED) is 0.821. The van der Waals surface area contributed by atoms with Gasteiger partial charge in [-0.1, -0.05) is 0 Å². The van der Waals surface area contributed by atoms with Gasteiger partial charge in [-0.25, -0.2) is 0 Å². The van der Waals surface area contributed by atoms with Crippen LogP contribution in [0, 0.1) is 0 Å². The van der Waals surface area contributed by atoms with Crippen molar-refractivity contribution in [3.05, 3.63) is 30.1 Å². The molecule has 4 rings (SSSR count). The number of fused-ring (bicyclic) bond motifs is 1. The predicted molar refractivity (Wildman–Crippen MR) is 80.4 cm³/mol. The average molecular weight is 316 g/mol. The van der Waals surface area contributed by atoms with Crippen LogP contribution in [0.4, 0.5) is 0 Å². The highest BCUT2D eigenvalue weighted by Gasteiger charge is 2.30. The molecule has 1 fully saturated rings. The van der Waals surface area contributed by atoms with Crippen LogP contribution in [0.15, 0.2) is 18.5 Å². The van der Waals surface area contributed by atoms with Crippen molar-refractivity contribution >= 4 is 5.91 Å². The zero-order chi connectivity index (χ0) is 15.6. The Balaban J connectivity index is 1.51. The molecule has 0 bridgehead atoms. The summed E-state index contributed by atoms with van der Waals surface area (Å²) in [6, 6.07) is 1.89. The molecule has 4 heterocycles. The van der Waals surface area contributed by atoms with Crippen molar-refractivity contribution in [1.29, 1.82) is 0 Å². The fourth-order valence-electron chi connectivity index (χ4n) is 3.24. The third kappa shape index (κ3) is 2.86. The number of aromatic nitrogens is 5. The minimum Gasteiger partial charge on any atom is -0.368 e. The first-order valence-corrected chi connectivity index (χ1v) is 8.10. The number of rotatable bonds is 3. The maximum Gasteiger partial charge on any atom is 0.252 e. The van der Waals surface area contributed by atoms with Crippen molar-refractivity contribution in [2.24, 2.45) is 0 Å². The Morgan fingerprint density at radius 2 is 2.26 bits per heavy atom. The Labute approximate surface area is 134 Å². The van der Waals surface area contributed by atoms with E-state index in [1.54, 1.807) is 6.20 Å².